The number of ether oxygens (including phenoxy) is 1. The van der Waals surface area contributed by atoms with Crippen molar-refractivity contribution in [2.45, 2.75) is 54.9 Å². The number of fused-ring (bicyclic) bond motifs is 1. The summed E-state index contributed by atoms with van der Waals surface area (Å²) in [5.74, 6) is 1.62. The van der Waals surface area contributed by atoms with Gasteiger partial charge in [0.1, 0.15) is 11.5 Å². The second kappa shape index (κ2) is 13.6. The molecule has 1 nitrogen and oxygen atoms in total. The van der Waals surface area contributed by atoms with E-state index in [1.165, 1.54) is 6.42 Å². The van der Waals surface area contributed by atoms with Gasteiger partial charge in [0, 0.05) is 10.8 Å². The van der Waals surface area contributed by atoms with Gasteiger partial charge < -0.3 is 4.74 Å². The van der Waals surface area contributed by atoms with Crippen molar-refractivity contribution in [3.8, 4) is 0 Å². The largest absolute Gasteiger partial charge is 0.461 e. The van der Waals surface area contributed by atoms with Gasteiger partial charge in [0.2, 0.25) is 0 Å². The monoisotopic (exact) mass is 314 g/mol. The lowest BCUT2D eigenvalue weighted by atomic mass is 9.98. The van der Waals surface area contributed by atoms with Crippen LogP contribution in [0, 0.1) is 0 Å². The minimum Gasteiger partial charge on any atom is -0.461 e. The molecular weight excluding hydrogens is 280 g/mol. The summed E-state index contributed by atoms with van der Waals surface area (Å²) in [7, 11) is 0. The van der Waals surface area contributed by atoms with Crippen LogP contribution >= 0.6 is 0 Å². The fourth-order valence-electron chi connectivity index (χ4n) is 1.97. The molecule has 1 aromatic rings. The highest BCUT2D eigenvalue weighted by Gasteiger charge is 2.14. The summed E-state index contributed by atoms with van der Waals surface area (Å²) in [6.07, 6.45) is 4.78. The van der Waals surface area contributed by atoms with Crippen molar-refractivity contribution >= 4 is 17.9 Å². The van der Waals surface area contributed by atoms with Crippen molar-refractivity contribution in [3.05, 3.63) is 65.3 Å². The summed E-state index contributed by atoms with van der Waals surface area (Å²) in [5, 5.41) is 1.96. The molecule has 1 heteroatoms. The molecule has 0 spiro atoms. The summed E-state index contributed by atoms with van der Waals surface area (Å²) in [4.78, 5) is 0. The Morgan fingerprint density at radius 1 is 1.00 bits per heavy atom. The molecule has 1 aliphatic heterocycles. The van der Waals surface area contributed by atoms with E-state index in [0.717, 1.165) is 33.1 Å². The van der Waals surface area contributed by atoms with Crippen LogP contribution < -0.4 is 10.4 Å². The predicted octanol–water partition coefficient (Wildman–Crippen LogP) is 5.81. The number of benzene rings is 1. The van der Waals surface area contributed by atoms with E-state index in [-0.39, 0.29) is 0 Å². The van der Waals surface area contributed by atoms with Crippen molar-refractivity contribution in [3.63, 3.8) is 0 Å². The quantitative estimate of drug-likeness (QED) is 0.669. The molecule has 23 heavy (non-hydrogen) atoms. The highest BCUT2D eigenvalue weighted by Crippen LogP contribution is 2.23. The smallest absolute Gasteiger partial charge is 0.134 e. The van der Waals surface area contributed by atoms with E-state index in [2.05, 4.69) is 39.7 Å². The molecular formula is C22H34O. The summed E-state index contributed by atoms with van der Waals surface area (Å²) in [5.41, 5.74) is 2.13. The average molecular weight is 315 g/mol. The third-order valence-corrected chi connectivity index (χ3v) is 2.72. The second-order valence-electron chi connectivity index (χ2n) is 4.39. The van der Waals surface area contributed by atoms with Gasteiger partial charge in [0.25, 0.3) is 0 Å². The van der Waals surface area contributed by atoms with Crippen molar-refractivity contribution in [1.29, 1.82) is 0 Å². The molecule has 0 amide bonds. The molecule has 0 radical (unpaired) electrons. The van der Waals surface area contributed by atoms with Gasteiger partial charge in [-0.2, -0.15) is 0 Å². The molecule has 0 N–H and O–H groups in total. The molecule has 1 heterocycles. The van der Waals surface area contributed by atoms with Crippen LogP contribution in [0.5, 0.6) is 0 Å². The van der Waals surface area contributed by atoms with Crippen LogP contribution in [0.2, 0.25) is 0 Å². The Morgan fingerprint density at radius 2 is 1.52 bits per heavy atom. The Bertz CT molecular complexity index is 618. The van der Waals surface area contributed by atoms with E-state index in [1.807, 2.05) is 52.8 Å². The molecule has 0 atom stereocenters. The van der Waals surface area contributed by atoms with Crippen LogP contribution in [0.4, 0.5) is 0 Å². The molecule has 1 aliphatic rings. The zero-order valence-corrected chi connectivity index (χ0v) is 16.1. The first kappa shape index (κ1) is 23.2. The van der Waals surface area contributed by atoms with Crippen LogP contribution in [0.15, 0.2) is 49.3 Å². The highest BCUT2D eigenvalue weighted by molar-refractivity contribution is 5.79. The molecule has 0 aliphatic carbocycles. The molecule has 128 valence electrons. The van der Waals surface area contributed by atoms with Crippen molar-refractivity contribution in [1.82, 2.24) is 0 Å². The number of allylic oxidation sites excluding steroid dienone is 3. The fraction of sp³-hybridized carbons (Fsp3) is 0.364. The zero-order valence-electron chi connectivity index (χ0n) is 16.1. The van der Waals surface area contributed by atoms with Gasteiger partial charge in [-0.1, -0.05) is 92.0 Å². The van der Waals surface area contributed by atoms with E-state index < -0.39 is 0 Å². The molecule has 2 rings (SSSR count). The van der Waals surface area contributed by atoms with Crippen molar-refractivity contribution in [2.24, 2.45) is 0 Å². The Hall–Kier alpha value is -2.02. The van der Waals surface area contributed by atoms with Gasteiger partial charge in [-0.05, 0) is 23.8 Å². The molecule has 1 aromatic carbocycles. The first-order valence-electron chi connectivity index (χ1n) is 8.56. The third-order valence-electron chi connectivity index (χ3n) is 2.72. The standard InChI is InChI=1S/C15H14O.C3H8.2C2H6/c1-5-12-11(4)16-14(6-2)15-10(3)8-7-9-13(12)15;1-3-2;2*1-2/h5-9H,1-3H2,4H3;3H2,1-2H3;2*1-2H3. The first-order chi connectivity index (χ1) is 11.1. The van der Waals surface area contributed by atoms with E-state index >= 15 is 0 Å². The van der Waals surface area contributed by atoms with E-state index in [0.29, 0.717) is 0 Å². The van der Waals surface area contributed by atoms with Crippen molar-refractivity contribution in [2.75, 3.05) is 0 Å². The van der Waals surface area contributed by atoms with Gasteiger partial charge in [-0.15, -0.1) is 0 Å². The third kappa shape index (κ3) is 6.32. The Kier molecular flexibility index (Phi) is 13.8. The summed E-state index contributed by atoms with van der Waals surface area (Å²) < 4.78 is 5.71. The minimum atomic E-state index is 0.767. The Labute approximate surface area is 143 Å². The second-order valence-corrected chi connectivity index (χ2v) is 4.39. The topological polar surface area (TPSA) is 9.23 Å². The number of rotatable bonds is 2. The lowest BCUT2D eigenvalue weighted by Crippen LogP contribution is -2.31. The van der Waals surface area contributed by atoms with Gasteiger partial charge in [0.15, 0.2) is 0 Å². The normalized spacial score (nSPS) is 11.2. The van der Waals surface area contributed by atoms with Gasteiger partial charge in [-0.3, -0.25) is 0 Å². The van der Waals surface area contributed by atoms with Gasteiger partial charge >= 0.3 is 0 Å². The maximum Gasteiger partial charge on any atom is 0.134 e. The van der Waals surface area contributed by atoms with Crippen LogP contribution in [-0.4, -0.2) is 0 Å². The lowest BCUT2D eigenvalue weighted by molar-refractivity contribution is 0.384. The van der Waals surface area contributed by atoms with Crippen LogP contribution in [0.1, 0.15) is 60.5 Å². The zero-order chi connectivity index (χ0) is 18.4. The number of hydrogen-bond donors (Lipinski definition) is 0. The predicted molar refractivity (Wildman–Crippen MR) is 107 cm³/mol. The molecule has 0 saturated carbocycles. The van der Waals surface area contributed by atoms with Crippen LogP contribution in [-0.2, 0) is 4.74 Å². The lowest BCUT2D eigenvalue weighted by Gasteiger charge is -2.18. The minimum absolute atomic E-state index is 0.767. The molecule has 0 aromatic heterocycles. The SMILES string of the molecule is C=CC1=C(C)OC(C=C)=c2c1cccc2=C.CC.CC.CCC. The molecule has 0 unspecified atom stereocenters. The van der Waals surface area contributed by atoms with E-state index in [4.69, 9.17) is 4.74 Å². The van der Waals surface area contributed by atoms with E-state index in [9.17, 15) is 0 Å². The Balaban J connectivity index is 0. The highest BCUT2D eigenvalue weighted by atomic mass is 16.5. The molecule has 0 fully saturated rings. The molecule has 0 bridgehead atoms. The summed E-state index contributed by atoms with van der Waals surface area (Å²) in [6.45, 7) is 25.8. The Morgan fingerprint density at radius 3 is 1.96 bits per heavy atom. The van der Waals surface area contributed by atoms with Gasteiger partial charge in [0.05, 0.1) is 0 Å². The maximum atomic E-state index is 5.71. The summed E-state index contributed by atoms with van der Waals surface area (Å²) >= 11 is 0. The summed E-state index contributed by atoms with van der Waals surface area (Å²) in [6, 6.07) is 6.01. The maximum absolute atomic E-state index is 5.71. The molecule has 0 saturated heterocycles. The van der Waals surface area contributed by atoms with Crippen molar-refractivity contribution < 1.29 is 4.74 Å². The van der Waals surface area contributed by atoms with Crippen LogP contribution in [0.25, 0.3) is 17.9 Å². The van der Waals surface area contributed by atoms with Gasteiger partial charge in [-0.25, -0.2) is 0 Å². The average Bonchev–Trinajstić information content (AvgIpc) is 2.58. The first-order valence-corrected chi connectivity index (χ1v) is 8.56. The van der Waals surface area contributed by atoms with E-state index in [1.54, 1.807) is 6.08 Å². The fourth-order valence-corrected chi connectivity index (χ4v) is 1.97. The number of hydrogen-bond acceptors (Lipinski definition) is 1. The van der Waals surface area contributed by atoms with Crippen LogP contribution in [0.3, 0.4) is 0 Å².